The Hall–Kier alpha value is -1.63. The monoisotopic (exact) mass is 348 g/mol. The fourth-order valence-electron chi connectivity index (χ4n) is 3.41. The van der Waals surface area contributed by atoms with Gasteiger partial charge in [0, 0.05) is 29.9 Å². The van der Waals surface area contributed by atoms with Gasteiger partial charge in [-0.1, -0.05) is 24.3 Å². The standard InChI is InChI=1S/C18H24N2O3S/c1-13(19)14-6-5-11-20(12-14)24(21,22)18-10-9-17(23-2)15-7-3-4-8-16(15)18/h3-4,7-10,13-14H,5-6,11-12,19H2,1-2H3. The summed E-state index contributed by atoms with van der Waals surface area (Å²) in [5.74, 6) is 0.884. The smallest absolute Gasteiger partial charge is 0.243 e. The zero-order chi connectivity index (χ0) is 17.3. The molecule has 3 rings (SSSR count). The van der Waals surface area contributed by atoms with Gasteiger partial charge >= 0.3 is 0 Å². The fraction of sp³-hybridized carbons (Fsp3) is 0.444. The third-order valence-corrected chi connectivity index (χ3v) is 6.77. The summed E-state index contributed by atoms with van der Waals surface area (Å²) in [5.41, 5.74) is 6.00. The molecule has 2 N–H and O–H groups in total. The Morgan fingerprint density at radius 3 is 2.58 bits per heavy atom. The van der Waals surface area contributed by atoms with Gasteiger partial charge in [-0.15, -0.1) is 0 Å². The molecule has 1 aliphatic heterocycles. The van der Waals surface area contributed by atoms with Crippen LogP contribution in [0.3, 0.4) is 0 Å². The van der Waals surface area contributed by atoms with Crippen molar-refractivity contribution in [2.24, 2.45) is 11.7 Å². The molecule has 0 saturated carbocycles. The molecule has 0 spiro atoms. The predicted molar refractivity (Wildman–Crippen MR) is 95.6 cm³/mol. The second-order valence-electron chi connectivity index (χ2n) is 6.44. The number of benzene rings is 2. The number of hydrogen-bond acceptors (Lipinski definition) is 4. The van der Waals surface area contributed by atoms with Crippen molar-refractivity contribution in [2.45, 2.75) is 30.7 Å². The van der Waals surface area contributed by atoms with Gasteiger partial charge in [0.1, 0.15) is 5.75 Å². The maximum atomic E-state index is 13.2. The van der Waals surface area contributed by atoms with Gasteiger partial charge in [-0.05, 0) is 37.8 Å². The van der Waals surface area contributed by atoms with Crippen molar-refractivity contribution in [3.05, 3.63) is 36.4 Å². The quantitative estimate of drug-likeness (QED) is 0.922. The van der Waals surface area contributed by atoms with Crippen molar-refractivity contribution in [1.29, 1.82) is 0 Å². The van der Waals surface area contributed by atoms with Crippen molar-refractivity contribution < 1.29 is 13.2 Å². The summed E-state index contributed by atoms with van der Waals surface area (Å²) >= 11 is 0. The van der Waals surface area contributed by atoms with Gasteiger partial charge in [-0.2, -0.15) is 4.31 Å². The van der Waals surface area contributed by atoms with Crippen molar-refractivity contribution in [3.8, 4) is 5.75 Å². The SMILES string of the molecule is COc1ccc(S(=O)(=O)N2CCCC(C(C)N)C2)c2ccccc12. The molecule has 24 heavy (non-hydrogen) atoms. The highest BCUT2D eigenvalue weighted by atomic mass is 32.2. The molecule has 1 saturated heterocycles. The molecule has 130 valence electrons. The molecule has 5 nitrogen and oxygen atoms in total. The number of rotatable bonds is 4. The minimum absolute atomic E-state index is 0.00406. The predicted octanol–water partition coefficient (Wildman–Crippen LogP) is 2.60. The van der Waals surface area contributed by atoms with Crippen molar-refractivity contribution in [2.75, 3.05) is 20.2 Å². The second kappa shape index (κ2) is 6.70. The Labute approximate surface area is 143 Å². The van der Waals surface area contributed by atoms with Gasteiger partial charge in [-0.25, -0.2) is 8.42 Å². The number of methoxy groups -OCH3 is 1. The summed E-state index contributed by atoms with van der Waals surface area (Å²) in [5, 5.41) is 1.50. The lowest BCUT2D eigenvalue weighted by molar-refractivity contribution is 0.243. The summed E-state index contributed by atoms with van der Waals surface area (Å²) in [6, 6.07) is 10.8. The number of ether oxygens (including phenoxy) is 1. The minimum atomic E-state index is -3.56. The van der Waals surface area contributed by atoms with E-state index < -0.39 is 10.0 Å². The lowest BCUT2D eigenvalue weighted by atomic mass is 9.93. The van der Waals surface area contributed by atoms with Crippen LogP contribution in [0.5, 0.6) is 5.75 Å². The molecule has 1 heterocycles. The van der Waals surface area contributed by atoms with E-state index in [0.717, 1.165) is 18.2 Å². The van der Waals surface area contributed by atoms with Crippen LogP contribution in [0.4, 0.5) is 0 Å². The first kappa shape index (κ1) is 17.2. The van der Waals surface area contributed by atoms with Gasteiger partial charge in [-0.3, -0.25) is 0 Å². The lowest BCUT2D eigenvalue weighted by Gasteiger charge is -2.34. The summed E-state index contributed by atoms with van der Waals surface area (Å²) in [4.78, 5) is 0.337. The third kappa shape index (κ3) is 3.01. The first-order chi connectivity index (χ1) is 11.4. The maximum Gasteiger partial charge on any atom is 0.243 e. The Balaban J connectivity index is 2.06. The van der Waals surface area contributed by atoms with E-state index in [9.17, 15) is 8.42 Å². The summed E-state index contributed by atoms with van der Waals surface area (Å²) in [6.45, 7) is 2.98. The topological polar surface area (TPSA) is 72.6 Å². The van der Waals surface area contributed by atoms with E-state index in [1.54, 1.807) is 23.5 Å². The lowest BCUT2D eigenvalue weighted by Crippen LogP contribution is -2.44. The molecule has 1 aliphatic rings. The Morgan fingerprint density at radius 1 is 1.21 bits per heavy atom. The molecule has 2 unspecified atom stereocenters. The molecule has 0 radical (unpaired) electrons. The Kier molecular flexibility index (Phi) is 4.80. The normalized spacial score (nSPS) is 20.9. The number of fused-ring (bicyclic) bond motifs is 1. The molecule has 0 aromatic heterocycles. The molecule has 0 aliphatic carbocycles. The van der Waals surface area contributed by atoms with Crippen LogP contribution in [0.15, 0.2) is 41.3 Å². The fourth-order valence-corrected chi connectivity index (χ4v) is 5.14. The van der Waals surface area contributed by atoms with E-state index >= 15 is 0 Å². The van der Waals surface area contributed by atoms with E-state index in [4.69, 9.17) is 10.5 Å². The van der Waals surface area contributed by atoms with Crippen LogP contribution in [0.1, 0.15) is 19.8 Å². The van der Waals surface area contributed by atoms with Gasteiger partial charge in [0.25, 0.3) is 0 Å². The first-order valence-electron chi connectivity index (χ1n) is 8.26. The molecule has 0 amide bonds. The molecule has 2 aromatic rings. The largest absolute Gasteiger partial charge is 0.496 e. The molecule has 0 bridgehead atoms. The number of piperidine rings is 1. The van der Waals surface area contributed by atoms with Crippen molar-refractivity contribution in [1.82, 2.24) is 4.31 Å². The summed E-state index contributed by atoms with van der Waals surface area (Å²) in [6.07, 6.45) is 1.83. The highest BCUT2D eigenvalue weighted by molar-refractivity contribution is 7.89. The van der Waals surface area contributed by atoms with E-state index in [1.165, 1.54) is 0 Å². The summed E-state index contributed by atoms with van der Waals surface area (Å²) < 4.78 is 33.4. The average Bonchev–Trinajstić information content (AvgIpc) is 2.60. The maximum absolute atomic E-state index is 13.2. The molecule has 1 fully saturated rings. The number of sulfonamides is 1. The van der Waals surface area contributed by atoms with Gasteiger partial charge < -0.3 is 10.5 Å². The van der Waals surface area contributed by atoms with Crippen molar-refractivity contribution >= 4 is 20.8 Å². The van der Waals surface area contributed by atoms with Crippen molar-refractivity contribution in [3.63, 3.8) is 0 Å². The molecule has 6 heteroatoms. The van der Waals surface area contributed by atoms with Crippen LogP contribution in [0.2, 0.25) is 0 Å². The van der Waals surface area contributed by atoms with Gasteiger partial charge in [0.2, 0.25) is 10.0 Å². The number of hydrogen-bond donors (Lipinski definition) is 1. The van der Waals surface area contributed by atoms with E-state index in [2.05, 4.69) is 0 Å². The highest BCUT2D eigenvalue weighted by Gasteiger charge is 2.32. The first-order valence-corrected chi connectivity index (χ1v) is 9.70. The van der Waals surface area contributed by atoms with E-state index in [1.807, 2.05) is 31.2 Å². The zero-order valence-corrected chi connectivity index (χ0v) is 14.9. The Morgan fingerprint density at radius 2 is 1.92 bits per heavy atom. The summed E-state index contributed by atoms with van der Waals surface area (Å²) in [7, 11) is -1.97. The van der Waals surface area contributed by atoms with E-state index in [0.29, 0.717) is 29.1 Å². The van der Waals surface area contributed by atoms with Crippen LogP contribution < -0.4 is 10.5 Å². The zero-order valence-electron chi connectivity index (χ0n) is 14.1. The molecular formula is C18H24N2O3S. The van der Waals surface area contributed by atoms with Gasteiger partial charge in [0.05, 0.1) is 12.0 Å². The molecule has 2 atom stereocenters. The number of nitrogens with two attached hydrogens (primary N) is 1. The highest BCUT2D eigenvalue weighted by Crippen LogP contribution is 2.33. The number of nitrogens with zero attached hydrogens (tertiary/aromatic N) is 1. The van der Waals surface area contributed by atoms with Crippen LogP contribution in [-0.2, 0) is 10.0 Å². The second-order valence-corrected chi connectivity index (χ2v) is 8.34. The minimum Gasteiger partial charge on any atom is -0.496 e. The molecule has 2 aromatic carbocycles. The third-order valence-electron chi connectivity index (χ3n) is 4.85. The van der Waals surface area contributed by atoms with Crippen LogP contribution >= 0.6 is 0 Å². The molecular weight excluding hydrogens is 324 g/mol. The van der Waals surface area contributed by atoms with E-state index in [-0.39, 0.29) is 12.0 Å². The van der Waals surface area contributed by atoms with Crippen LogP contribution in [-0.4, -0.2) is 39.0 Å². The average molecular weight is 348 g/mol. The van der Waals surface area contributed by atoms with Gasteiger partial charge in [0.15, 0.2) is 0 Å². The van der Waals surface area contributed by atoms with Crippen LogP contribution in [0, 0.1) is 5.92 Å². The Bertz CT molecular complexity index is 833. The van der Waals surface area contributed by atoms with Crippen LogP contribution in [0.25, 0.3) is 10.8 Å².